The van der Waals surface area contributed by atoms with Gasteiger partial charge < -0.3 is 4.74 Å². The van der Waals surface area contributed by atoms with Gasteiger partial charge in [-0.25, -0.2) is 0 Å². The molecule has 5 heteroatoms. The van der Waals surface area contributed by atoms with E-state index >= 15 is 0 Å². The van der Waals surface area contributed by atoms with Crippen LogP contribution >= 0.6 is 0 Å². The molecule has 0 heterocycles. The highest BCUT2D eigenvalue weighted by Gasteiger charge is 2.09. The van der Waals surface area contributed by atoms with Crippen LogP contribution in [0.15, 0.2) is 54.6 Å². The van der Waals surface area contributed by atoms with Crippen LogP contribution in [0.2, 0.25) is 0 Å². The van der Waals surface area contributed by atoms with Gasteiger partial charge in [0.2, 0.25) is 0 Å². The van der Waals surface area contributed by atoms with Gasteiger partial charge in [0.25, 0.3) is 5.69 Å². The molecular formula is C16H13NO4. The van der Waals surface area contributed by atoms with Gasteiger partial charge in [-0.1, -0.05) is 30.3 Å². The number of hydrogen-bond acceptors (Lipinski definition) is 4. The van der Waals surface area contributed by atoms with Crippen molar-refractivity contribution in [2.75, 3.05) is 7.11 Å². The minimum absolute atomic E-state index is 0.105. The van der Waals surface area contributed by atoms with E-state index in [9.17, 15) is 14.9 Å². The Bertz CT molecular complexity index is 707. The molecule has 0 aliphatic carbocycles. The van der Waals surface area contributed by atoms with Crippen molar-refractivity contribution in [2.45, 2.75) is 0 Å². The Hall–Kier alpha value is -2.95. The molecule has 0 unspecified atom stereocenters. The number of nitrogens with zero attached hydrogens (tertiary/aromatic N) is 1. The van der Waals surface area contributed by atoms with Crippen molar-refractivity contribution in [1.82, 2.24) is 0 Å². The van der Waals surface area contributed by atoms with Crippen LogP contribution in [-0.2, 0) is 0 Å². The normalized spacial score (nSPS) is 10.5. The molecular weight excluding hydrogens is 270 g/mol. The molecule has 0 aliphatic rings. The number of non-ortho nitro benzene ring substituents is 1. The Labute approximate surface area is 121 Å². The zero-order valence-electron chi connectivity index (χ0n) is 11.4. The lowest BCUT2D eigenvalue weighted by Gasteiger charge is -2.03. The van der Waals surface area contributed by atoms with E-state index in [0.29, 0.717) is 5.75 Å². The molecule has 0 saturated heterocycles. The zero-order chi connectivity index (χ0) is 15.2. The van der Waals surface area contributed by atoms with Gasteiger partial charge in [0, 0.05) is 23.3 Å². The second-order valence-electron chi connectivity index (χ2n) is 4.25. The first kappa shape index (κ1) is 14.5. The maximum Gasteiger partial charge on any atom is 0.270 e. The number of benzene rings is 2. The second kappa shape index (κ2) is 6.47. The van der Waals surface area contributed by atoms with Crippen LogP contribution in [0.3, 0.4) is 0 Å². The Morgan fingerprint density at radius 1 is 1.19 bits per heavy atom. The van der Waals surface area contributed by atoms with Crippen LogP contribution in [0, 0.1) is 10.1 Å². The van der Waals surface area contributed by atoms with Gasteiger partial charge in [0.1, 0.15) is 5.75 Å². The Balaban J connectivity index is 2.23. The van der Waals surface area contributed by atoms with Gasteiger partial charge in [0.05, 0.1) is 12.0 Å². The number of methoxy groups -OCH3 is 1. The summed E-state index contributed by atoms with van der Waals surface area (Å²) in [6.45, 7) is 0. The van der Waals surface area contributed by atoms with Gasteiger partial charge >= 0.3 is 0 Å². The SMILES string of the molecule is COc1ccccc1C=CC(=O)c1cccc([N+](=O)[O-])c1. The number of allylic oxidation sites excluding steroid dienone is 1. The Kier molecular flexibility index (Phi) is 4.46. The molecule has 0 fully saturated rings. The number of nitro benzene ring substituents is 1. The van der Waals surface area contributed by atoms with Gasteiger partial charge in [-0.3, -0.25) is 14.9 Å². The predicted octanol–water partition coefficient (Wildman–Crippen LogP) is 3.50. The van der Waals surface area contributed by atoms with Crippen LogP contribution in [-0.4, -0.2) is 17.8 Å². The molecule has 0 N–H and O–H groups in total. The summed E-state index contributed by atoms with van der Waals surface area (Å²) in [5, 5.41) is 10.7. The minimum atomic E-state index is -0.527. The molecule has 0 radical (unpaired) electrons. The maximum absolute atomic E-state index is 12.0. The summed E-state index contributed by atoms with van der Waals surface area (Å²) in [6.07, 6.45) is 3.00. The first-order valence-corrected chi connectivity index (χ1v) is 6.21. The van der Waals surface area contributed by atoms with Crippen LogP contribution in [0.4, 0.5) is 5.69 Å². The summed E-state index contributed by atoms with van der Waals surface area (Å²) in [4.78, 5) is 22.2. The fraction of sp³-hybridized carbons (Fsp3) is 0.0625. The minimum Gasteiger partial charge on any atom is -0.496 e. The highest BCUT2D eigenvalue weighted by Crippen LogP contribution is 2.19. The monoisotopic (exact) mass is 283 g/mol. The quantitative estimate of drug-likeness (QED) is 0.364. The van der Waals surface area contributed by atoms with Gasteiger partial charge in [0.15, 0.2) is 5.78 Å². The molecule has 0 aromatic heterocycles. The van der Waals surface area contributed by atoms with Crippen molar-refractivity contribution in [1.29, 1.82) is 0 Å². The summed E-state index contributed by atoms with van der Waals surface area (Å²) in [6, 6.07) is 12.9. The third-order valence-corrected chi connectivity index (χ3v) is 2.89. The van der Waals surface area contributed by atoms with Gasteiger partial charge in [-0.2, -0.15) is 0 Å². The topological polar surface area (TPSA) is 69.4 Å². The molecule has 2 rings (SSSR count). The molecule has 0 saturated carbocycles. The van der Waals surface area contributed by atoms with Gasteiger partial charge in [-0.15, -0.1) is 0 Å². The predicted molar refractivity (Wildman–Crippen MR) is 79.5 cm³/mol. The number of ether oxygens (including phenoxy) is 1. The molecule has 2 aromatic rings. The van der Waals surface area contributed by atoms with E-state index in [4.69, 9.17) is 4.74 Å². The number of carbonyl (C=O) groups is 1. The third kappa shape index (κ3) is 3.54. The van der Waals surface area contributed by atoms with Crippen molar-refractivity contribution in [3.8, 4) is 5.75 Å². The fourth-order valence-electron chi connectivity index (χ4n) is 1.84. The smallest absolute Gasteiger partial charge is 0.270 e. The van der Waals surface area contributed by atoms with Gasteiger partial charge in [-0.05, 0) is 18.2 Å². The summed E-state index contributed by atoms with van der Waals surface area (Å²) in [5.74, 6) is 0.352. The molecule has 0 atom stereocenters. The standard InChI is InChI=1S/C16H13NO4/c1-21-16-8-3-2-5-12(16)9-10-15(18)13-6-4-7-14(11-13)17(19)20/h2-11H,1H3. The molecule has 0 bridgehead atoms. The number of para-hydroxylation sites is 1. The third-order valence-electron chi connectivity index (χ3n) is 2.89. The van der Waals surface area contributed by atoms with E-state index in [-0.39, 0.29) is 17.0 Å². The second-order valence-corrected chi connectivity index (χ2v) is 4.25. The first-order chi connectivity index (χ1) is 10.1. The lowest BCUT2D eigenvalue weighted by atomic mass is 10.1. The first-order valence-electron chi connectivity index (χ1n) is 6.21. The van der Waals surface area contributed by atoms with Crippen LogP contribution < -0.4 is 4.74 Å². The average Bonchev–Trinajstić information content (AvgIpc) is 2.52. The molecule has 106 valence electrons. The number of nitro groups is 1. The number of ketones is 1. The van der Waals surface area contributed by atoms with Crippen LogP contribution in [0.1, 0.15) is 15.9 Å². The van der Waals surface area contributed by atoms with Crippen molar-refractivity contribution in [3.63, 3.8) is 0 Å². The van der Waals surface area contributed by atoms with E-state index in [1.165, 1.54) is 24.3 Å². The number of hydrogen-bond donors (Lipinski definition) is 0. The van der Waals surface area contributed by atoms with E-state index < -0.39 is 4.92 Å². The summed E-state index contributed by atoms with van der Waals surface area (Å²) < 4.78 is 5.18. The van der Waals surface area contributed by atoms with E-state index in [0.717, 1.165) is 5.56 Å². The summed E-state index contributed by atoms with van der Waals surface area (Å²) in [5.41, 5.74) is 0.931. The zero-order valence-corrected chi connectivity index (χ0v) is 11.4. The number of carbonyl (C=O) groups excluding carboxylic acids is 1. The van der Waals surface area contributed by atoms with Crippen molar-refractivity contribution < 1.29 is 14.5 Å². The fourth-order valence-corrected chi connectivity index (χ4v) is 1.84. The summed E-state index contributed by atoms with van der Waals surface area (Å²) in [7, 11) is 1.55. The molecule has 5 nitrogen and oxygen atoms in total. The average molecular weight is 283 g/mol. The lowest BCUT2D eigenvalue weighted by Crippen LogP contribution is -1.96. The molecule has 0 aliphatic heterocycles. The highest BCUT2D eigenvalue weighted by atomic mass is 16.6. The Morgan fingerprint density at radius 2 is 1.95 bits per heavy atom. The molecule has 21 heavy (non-hydrogen) atoms. The van der Waals surface area contributed by atoms with Crippen molar-refractivity contribution in [3.05, 3.63) is 75.8 Å². The van der Waals surface area contributed by atoms with Crippen LogP contribution in [0.25, 0.3) is 6.08 Å². The van der Waals surface area contributed by atoms with Crippen molar-refractivity contribution >= 4 is 17.5 Å². The summed E-state index contributed by atoms with van der Waals surface area (Å²) >= 11 is 0. The Morgan fingerprint density at radius 3 is 2.67 bits per heavy atom. The highest BCUT2D eigenvalue weighted by molar-refractivity contribution is 6.07. The van der Waals surface area contributed by atoms with E-state index in [1.807, 2.05) is 18.2 Å². The number of rotatable bonds is 5. The van der Waals surface area contributed by atoms with E-state index in [2.05, 4.69) is 0 Å². The van der Waals surface area contributed by atoms with Crippen LogP contribution in [0.5, 0.6) is 5.75 Å². The molecule has 0 spiro atoms. The lowest BCUT2D eigenvalue weighted by molar-refractivity contribution is -0.384. The van der Waals surface area contributed by atoms with Crippen molar-refractivity contribution in [2.24, 2.45) is 0 Å². The molecule has 2 aromatic carbocycles. The molecule has 0 amide bonds. The largest absolute Gasteiger partial charge is 0.496 e. The maximum atomic E-state index is 12.0. The van der Waals surface area contributed by atoms with E-state index in [1.54, 1.807) is 25.3 Å².